The van der Waals surface area contributed by atoms with Crippen LogP contribution < -0.4 is 10.3 Å². The molecule has 174 valence electrons. The van der Waals surface area contributed by atoms with Crippen molar-refractivity contribution < 1.29 is 14.6 Å². The largest absolute Gasteiger partial charge is 0.496 e. The van der Waals surface area contributed by atoms with E-state index < -0.39 is 6.10 Å². The van der Waals surface area contributed by atoms with Gasteiger partial charge in [-0.2, -0.15) is 0 Å². The predicted molar refractivity (Wildman–Crippen MR) is 129 cm³/mol. The Kier molecular flexibility index (Phi) is 8.81. The number of para-hydroxylation sites is 1. The highest BCUT2D eigenvalue weighted by Crippen LogP contribution is 2.36. The van der Waals surface area contributed by atoms with Crippen LogP contribution in [0, 0.1) is 5.92 Å². The minimum Gasteiger partial charge on any atom is -0.496 e. The van der Waals surface area contributed by atoms with Gasteiger partial charge >= 0.3 is 0 Å². The fourth-order valence-corrected chi connectivity index (χ4v) is 4.64. The van der Waals surface area contributed by atoms with E-state index in [1.807, 2.05) is 29.6 Å². The Hall–Kier alpha value is -2.26. The number of fused-ring (bicyclic) bond motifs is 1. The lowest BCUT2D eigenvalue weighted by molar-refractivity contribution is 0.00657. The summed E-state index contributed by atoms with van der Waals surface area (Å²) in [6.07, 6.45) is 0.345. The second kappa shape index (κ2) is 11.6. The second-order valence-electron chi connectivity index (χ2n) is 8.36. The summed E-state index contributed by atoms with van der Waals surface area (Å²) in [4.78, 5) is 23.5. The van der Waals surface area contributed by atoms with Crippen molar-refractivity contribution >= 4 is 21.6 Å². The number of nitrogens with one attached hydrogen (secondary N) is 1. The third-order valence-corrected chi connectivity index (χ3v) is 5.91. The number of aromatic amines is 1. The molecule has 0 aliphatic rings. The molecule has 3 rings (SSSR count). The van der Waals surface area contributed by atoms with E-state index >= 15 is 0 Å². The minimum atomic E-state index is -0.588. The van der Waals surface area contributed by atoms with Gasteiger partial charge in [-0.05, 0) is 24.9 Å². The summed E-state index contributed by atoms with van der Waals surface area (Å²) in [6.45, 7) is 8.90. The van der Waals surface area contributed by atoms with Gasteiger partial charge in [-0.1, -0.05) is 39.0 Å². The fraction of sp³-hybridized carbons (Fsp3) is 0.500. The Morgan fingerprint density at radius 3 is 2.72 bits per heavy atom. The number of methoxy groups -OCH3 is 1. The molecule has 8 heteroatoms. The number of aromatic nitrogens is 2. The summed E-state index contributed by atoms with van der Waals surface area (Å²) in [6, 6.07) is 7.66. The Balaban J connectivity index is 1.79. The molecule has 0 aliphatic heterocycles. The molecule has 0 spiro atoms. The number of rotatable bonds is 12. The van der Waals surface area contributed by atoms with Crippen LogP contribution >= 0.6 is 11.3 Å². The molecule has 3 aromatic rings. The second-order valence-corrected chi connectivity index (χ2v) is 9.22. The maximum absolute atomic E-state index is 13.0. The van der Waals surface area contributed by atoms with Crippen LogP contribution in [-0.2, 0) is 11.3 Å². The Labute approximate surface area is 193 Å². The van der Waals surface area contributed by atoms with Gasteiger partial charge in [-0.3, -0.25) is 9.69 Å². The fourth-order valence-electron chi connectivity index (χ4n) is 3.69. The third kappa shape index (κ3) is 6.16. The van der Waals surface area contributed by atoms with Gasteiger partial charge in [0, 0.05) is 29.7 Å². The van der Waals surface area contributed by atoms with Crippen LogP contribution in [-0.4, -0.2) is 59.5 Å². The van der Waals surface area contributed by atoms with Crippen molar-refractivity contribution in [2.45, 2.75) is 39.8 Å². The molecule has 0 amide bonds. The molecule has 0 saturated carbocycles. The first-order valence-electron chi connectivity index (χ1n) is 11.0. The number of ether oxygens (including phenoxy) is 2. The van der Waals surface area contributed by atoms with Crippen LogP contribution in [0.4, 0.5) is 0 Å². The lowest BCUT2D eigenvalue weighted by atomic mass is 10.1. The molecule has 1 atom stereocenters. The van der Waals surface area contributed by atoms with E-state index in [-0.39, 0.29) is 5.56 Å². The summed E-state index contributed by atoms with van der Waals surface area (Å²) in [7, 11) is 1.62. The molecule has 0 radical (unpaired) electrons. The zero-order valence-corrected chi connectivity index (χ0v) is 20.1. The number of thiophene rings is 1. The number of aliphatic hydroxyl groups excluding tert-OH is 1. The van der Waals surface area contributed by atoms with E-state index in [4.69, 9.17) is 14.5 Å². The smallest absolute Gasteiger partial charge is 0.260 e. The summed E-state index contributed by atoms with van der Waals surface area (Å²) in [5, 5.41) is 12.9. The van der Waals surface area contributed by atoms with Gasteiger partial charge in [0.15, 0.2) is 0 Å². The first kappa shape index (κ1) is 24.4. The number of hydrogen-bond acceptors (Lipinski definition) is 7. The Morgan fingerprint density at radius 2 is 2.00 bits per heavy atom. The van der Waals surface area contributed by atoms with E-state index in [9.17, 15) is 9.90 Å². The van der Waals surface area contributed by atoms with Crippen molar-refractivity contribution in [2.24, 2.45) is 5.92 Å². The van der Waals surface area contributed by atoms with Crippen molar-refractivity contribution in [3.05, 3.63) is 45.8 Å². The quantitative estimate of drug-likeness (QED) is 0.427. The SMILES string of the molecule is CCCN(Cc1nc2scc(-c3ccccc3OC)c2c(=O)[nH]1)C[C@@H](O)COCC(C)C. The van der Waals surface area contributed by atoms with E-state index in [0.29, 0.717) is 48.3 Å². The average Bonchev–Trinajstić information content (AvgIpc) is 3.18. The lowest BCUT2D eigenvalue weighted by Gasteiger charge is -2.24. The zero-order chi connectivity index (χ0) is 23.1. The van der Waals surface area contributed by atoms with Crippen molar-refractivity contribution in [3.63, 3.8) is 0 Å². The highest BCUT2D eigenvalue weighted by molar-refractivity contribution is 7.17. The molecule has 0 unspecified atom stereocenters. The minimum absolute atomic E-state index is 0.163. The zero-order valence-electron chi connectivity index (χ0n) is 19.3. The molecular weight excluding hydrogens is 426 g/mol. The van der Waals surface area contributed by atoms with Gasteiger partial charge in [0.1, 0.15) is 16.4 Å². The standard InChI is InChI=1S/C24H33N3O4S/c1-5-10-27(11-17(28)14-31-13-16(2)3)12-21-25-23(29)22-19(15-32-24(22)26-21)18-8-6-7-9-20(18)30-4/h6-9,15-17,28H,5,10-14H2,1-4H3,(H,25,26,29)/t17-/m1/s1. The molecule has 0 fully saturated rings. The maximum Gasteiger partial charge on any atom is 0.260 e. The number of aliphatic hydroxyl groups is 1. The van der Waals surface area contributed by atoms with Crippen molar-refractivity contribution in [1.82, 2.24) is 14.9 Å². The van der Waals surface area contributed by atoms with Crippen LogP contribution in [0.2, 0.25) is 0 Å². The number of nitrogens with zero attached hydrogens (tertiary/aromatic N) is 2. The molecule has 32 heavy (non-hydrogen) atoms. The first-order valence-corrected chi connectivity index (χ1v) is 11.9. The molecule has 0 saturated heterocycles. The predicted octanol–water partition coefficient (Wildman–Crippen LogP) is 3.91. The van der Waals surface area contributed by atoms with Crippen molar-refractivity contribution in [2.75, 3.05) is 33.4 Å². The maximum atomic E-state index is 13.0. The summed E-state index contributed by atoms with van der Waals surface area (Å²) in [5.74, 6) is 1.75. The number of benzene rings is 1. The third-order valence-electron chi connectivity index (χ3n) is 5.03. The van der Waals surface area contributed by atoms with Gasteiger partial charge in [0.25, 0.3) is 5.56 Å². The van der Waals surface area contributed by atoms with Crippen molar-refractivity contribution in [3.8, 4) is 16.9 Å². The lowest BCUT2D eigenvalue weighted by Crippen LogP contribution is -2.36. The molecule has 0 bridgehead atoms. The molecule has 2 heterocycles. The summed E-state index contributed by atoms with van der Waals surface area (Å²) >= 11 is 1.45. The molecule has 7 nitrogen and oxygen atoms in total. The molecule has 2 N–H and O–H groups in total. The van der Waals surface area contributed by atoms with E-state index in [2.05, 4.69) is 30.7 Å². The molecule has 2 aromatic heterocycles. The Morgan fingerprint density at radius 1 is 1.22 bits per heavy atom. The summed E-state index contributed by atoms with van der Waals surface area (Å²) in [5.41, 5.74) is 1.54. The van der Waals surface area contributed by atoms with Crippen LogP contribution in [0.25, 0.3) is 21.3 Å². The monoisotopic (exact) mass is 459 g/mol. The van der Waals surface area contributed by atoms with E-state index in [1.165, 1.54) is 11.3 Å². The Bertz CT molecular complexity index is 1060. The topological polar surface area (TPSA) is 87.7 Å². The average molecular weight is 460 g/mol. The van der Waals surface area contributed by atoms with Gasteiger partial charge in [-0.15, -0.1) is 11.3 Å². The van der Waals surface area contributed by atoms with Gasteiger partial charge in [-0.25, -0.2) is 4.98 Å². The number of H-pyrrole nitrogens is 1. The van der Waals surface area contributed by atoms with E-state index in [0.717, 1.165) is 29.8 Å². The van der Waals surface area contributed by atoms with Crippen LogP contribution in [0.5, 0.6) is 5.75 Å². The van der Waals surface area contributed by atoms with Crippen LogP contribution in [0.15, 0.2) is 34.4 Å². The van der Waals surface area contributed by atoms with Crippen LogP contribution in [0.3, 0.4) is 0 Å². The van der Waals surface area contributed by atoms with E-state index in [1.54, 1.807) is 7.11 Å². The molecule has 0 aliphatic carbocycles. The normalized spacial score (nSPS) is 12.7. The van der Waals surface area contributed by atoms with Crippen molar-refractivity contribution in [1.29, 1.82) is 0 Å². The van der Waals surface area contributed by atoms with Gasteiger partial charge < -0.3 is 19.6 Å². The van der Waals surface area contributed by atoms with Gasteiger partial charge in [0.05, 0.1) is 31.8 Å². The number of hydrogen-bond donors (Lipinski definition) is 2. The first-order chi connectivity index (χ1) is 15.4. The highest BCUT2D eigenvalue weighted by atomic mass is 32.1. The summed E-state index contributed by atoms with van der Waals surface area (Å²) < 4.78 is 11.0. The van der Waals surface area contributed by atoms with Gasteiger partial charge in [0.2, 0.25) is 0 Å². The van der Waals surface area contributed by atoms with Crippen LogP contribution in [0.1, 0.15) is 33.0 Å². The molecule has 1 aromatic carbocycles. The highest BCUT2D eigenvalue weighted by Gasteiger charge is 2.18. The molecular formula is C24H33N3O4S.